The monoisotopic (exact) mass is 282 g/mol. The summed E-state index contributed by atoms with van der Waals surface area (Å²) in [7, 11) is 4.48. The van der Waals surface area contributed by atoms with Gasteiger partial charge in [-0.15, -0.1) is 0 Å². The van der Waals surface area contributed by atoms with Crippen molar-refractivity contribution in [2.75, 3.05) is 14.1 Å². The molecule has 4 atom stereocenters. The van der Waals surface area contributed by atoms with Crippen LogP contribution in [0, 0.1) is 11.3 Å². The Morgan fingerprint density at radius 1 is 1.25 bits per heavy atom. The predicted octanol–water partition coefficient (Wildman–Crippen LogP) is 4.30. The Bertz CT molecular complexity index is 275. The molecular formula is C18H38N2. The van der Waals surface area contributed by atoms with E-state index in [1.165, 1.54) is 38.5 Å². The van der Waals surface area contributed by atoms with Crippen LogP contribution in [0.3, 0.4) is 0 Å². The van der Waals surface area contributed by atoms with Gasteiger partial charge in [-0.3, -0.25) is 4.90 Å². The smallest absolute Gasteiger partial charge is 0.0251 e. The van der Waals surface area contributed by atoms with Crippen LogP contribution in [-0.2, 0) is 0 Å². The van der Waals surface area contributed by atoms with Crippen molar-refractivity contribution in [2.24, 2.45) is 11.3 Å². The molecule has 120 valence electrons. The van der Waals surface area contributed by atoms with Crippen LogP contribution in [0.15, 0.2) is 0 Å². The first-order valence-corrected chi connectivity index (χ1v) is 8.76. The standard InChI is InChI=1S/C18H38N2/c1-8-10-14(3)20(7)17-13-15(18(4,5)9-2)11-12-16(17)19-6/h14-17,19H,8-13H2,1-7H3. The Balaban J connectivity index is 2.77. The van der Waals surface area contributed by atoms with Crippen molar-refractivity contribution in [1.82, 2.24) is 10.2 Å². The van der Waals surface area contributed by atoms with Crippen LogP contribution in [0.5, 0.6) is 0 Å². The second-order valence-electron chi connectivity index (χ2n) is 7.62. The highest BCUT2D eigenvalue weighted by atomic mass is 15.2. The number of nitrogens with zero attached hydrogens (tertiary/aromatic N) is 1. The van der Waals surface area contributed by atoms with Gasteiger partial charge in [-0.2, -0.15) is 0 Å². The number of rotatable bonds is 7. The van der Waals surface area contributed by atoms with E-state index < -0.39 is 0 Å². The molecule has 0 aromatic rings. The van der Waals surface area contributed by atoms with Gasteiger partial charge in [0.05, 0.1) is 0 Å². The zero-order valence-electron chi connectivity index (χ0n) is 15.0. The van der Waals surface area contributed by atoms with E-state index in [2.05, 4.69) is 58.9 Å². The highest BCUT2D eigenvalue weighted by molar-refractivity contribution is 4.94. The summed E-state index contributed by atoms with van der Waals surface area (Å²) < 4.78 is 0. The van der Waals surface area contributed by atoms with Crippen molar-refractivity contribution in [3.63, 3.8) is 0 Å². The van der Waals surface area contributed by atoms with Crippen LogP contribution in [0.25, 0.3) is 0 Å². The minimum absolute atomic E-state index is 0.492. The number of likely N-dealkylation sites (N-methyl/N-ethyl adjacent to an activating group) is 2. The van der Waals surface area contributed by atoms with Gasteiger partial charge >= 0.3 is 0 Å². The molecule has 0 radical (unpaired) electrons. The molecule has 20 heavy (non-hydrogen) atoms. The van der Waals surface area contributed by atoms with Gasteiger partial charge in [-0.05, 0) is 58.0 Å². The van der Waals surface area contributed by atoms with Crippen LogP contribution in [-0.4, -0.2) is 37.1 Å². The maximum absolute atomic E-state index is 3.58. The van der Waals surface area contributed by atoms with E-state index in [1.54, 1.807) is 0 Å². The van der Waals surface area contributed by atoms with Crippen LogP contribution >= 0.6 is 0 Å². The quantitative estimate of drug-likeness (QED) is 0.749. The van der Waals surface area contributed by atoms with Crippen LogP contribution < -0.4 is 5.32 Å². The van der Waals surface area contributed by atoms with E-state index in [4.69, 9.17) is 0 Å². The van der Waals surface area contributed by atoms with Gasteiger partial charge in [0.15, 0.2) is 0 Å². The average Bonchev–Trinajstić information content (AvgIpc) is 2.45. The summed E-state index contributed by atoms with van der Waals surface area (Å²) in [6, 6.07) is 2.07. The van der Waals surface area contributed by atoms with Crippen molar-refractivity contribution in [3.05, 3.63) is 0 Å². The molecule has 0 aromatic heterocycles. The normalized spacial score (nSPS) is 29.7. The lowest BCUT2D eigenvalue weighted by Crippen LogP contribution is -2.54. The summed E-state index contributed by atoms with van der Waals surface area (Å²) in [6.45, 7) is 12.0. The lowest BCUT2D eigenvalue weighted by atomic mass is 9.67. The number of nitrogens with one attached hydrogen (secondary N) is 1. The summed E-state index contributed by atoms with van der Waals surface area (Å²) >= 11 is 0. The minimum Gasteiger partial charge on any atom is -0.315 e. The Morgan fingerprint density at radius 3 is 2.40 bits per heavy atom. The lowest BCUT2D eigenvalue weighted by molar-refractivity contribution is 0.0457. The summed E-state index contributed by atoms with van der Waals surface area (Å²) in [4.78, 5) is 2.66. The van der Waals surface area contributed by atoms with Crippen molar-refractivity contribution in [3.8, 4) is 0 Å². The third kappa shape index (κ3) is 4.21. The highest BCUT2D eigenvalue weighted by Crippen LogP contribution is 2.41. The molecule has 0 aromatic carbocycles. The minimum atomic E-state index is 0.492. The molecule has 2 nitrogen and oxygen atoms in total. The molecule has 0 saturated heterocycles. The van der Waals surface area contributed by atoms with Crippen molar-refractivity contribution >= 4 is 0 Å². The molecule has 1 aliphatic carbocycles. The second-order valence-corrected chi connectivity index (χ2v) is 7.62. The average molecular weight is 283 g/mol. The summed E-state index contributed by atoms with van der Waals surface area (Å²) in [6.07, 6.45) is 7.97. The zero-order chi connectivity index (χ0) is 15.3. The van der Waals surface area contributed by atoms with Crippen molar-refractivity contribution in [1.29, 1.82) is 0 Å². The zero-order valence-corrected chi connectivity index (χ0v) is 15.0. The molecule has 0 aliphatic heterocycles. The van der Waals surface area contributed by atoms with E-state index >= 15 is 0 Å². The van der Waals surface area contributed by atoms with E-state index in [-0.39, 0.29) is 0 Å². The molecule has 4 unspecified atom stereocenters. The van der Waals surface area contributed by atoms with Gasteiger partial charge in [-0.25, -0.2) is 0 Å². The van der Waals surface area contributed by atoms with Gasteiger partial charge in [-0.1, -0.05) is 40.5 Å². The Labute approximate surface area is 127 Å². The summed E-state index contributed by atoms with van der Waals surface area (Å²) in [5.74, 6) is 0.873. The van der Waals surface area contributed by atoms with Gasteiger partial charge in [0.25, 0.3) is 0 Å². The molecule has 1 aliphatic rings. The first-order chi connectivity index (χ1) is 9.37. The van der Waals surface area contributed by atoms with E-state index in [1.807, 2.05) is 0 Å². The molecule has 2 heteroatoms. The maximum atomic E-state index is 3.58. The summed E-state index contributed by atoms with van der Waals surface area (Å²) in [5.41, 5.74) is 0.492. The first-order valence-electron chi connectivity index (χ1n) is 8.76. The Morgan fingerprint density at radius 2 is 1.90 bits per heavy atom. The molecule has 1 saturated carbocycles. The predicted molar refractivity (Wildman–Crippen MR) is 90.2 cm³/mol. The Hall–Kier alpha value is -0.0800. The molecule has 1 N–H and O–H groups in total. The summed E-state index contributed by atoms with van der Waals surface area (Å²) in [5, 5.41) is 3.58. The van der Waals surface area contributed by atoms with Crippen LogP contribution in [0.1, 0.15) is 73.1 Å². The molecule has 1 rings (SSSR count). The third-order valence-electron chi connectivity index (χ3n) is 6.13. The SMILES string of the molecule is CCCC(C)N(C)C1CC(C(C)(C)CC)CCC1NC. The van der Waals surface area contributed by atoms with Crippen molar-refractivity contribution < 1.29 is 0 Å². The number of hydrogen-bond acceptors (Lipinski definition) is 2. The molecule has 1 fully saturated rings. The largest absolute Gasteiger partial charge is 0.315 e. The van der Waals surface area contributed by atoms with E-state index in [9.17, 15) is 0 Å². The third-order valence-corrected chi connectivity index (χ3v) is 6.13. The maximum Gasteiger partial charge on any atom is 0.0251 e. The fourth-order valence-corrected chi connectivity index (χ4v) is 3.88. The van der Waals surface area contributed by atoms with E-state index in [0.717, 1.165) is 5.92 Å². The van der Waals surface area contributed by atoms with Crippen LogP contribution in [0.4, 0.5) is 0 Å². The van der Waals surface area contributed by atoms with Gasteiger partial charge in [0, 0.05) is 18.1 Å². The first kappa shape index (κ1) is 18.0. The second kappa shape index (κ2) is 7.79. The molecule has 0 heterocycles. The Kier molecular flexibility index (Phi) is 7.00. The molecule has 0 spiro atoms. The van der Waals surface area contributed by atoms with Gasteiger partial charge in [0.2, 0.25) is 0 Å². The molecular weight excluding hydrogens is 244 g/mol. The topological polar surface area (TPSA) is 15.3 Å². The number of hydrogen-bond donors (Lipinski definition) is 1. The van der Waals surface area contributed by atoms with Crippen molar-refractivity contribution in [2.45, 2.75) is 91.3 Å². The van der Waals surface area contributed by atoms with Crippen LogP contribution in [0.2, 0.25) is 0 Å². The fourth-order valence-electron chi connectivity index (χ4n) is 3.88. The van der Waals surface area contributed by atoms with E-state index in [0.29, 0.717) is 23.5 Å². The highest BCUT2D eigenvalue weighted by Gasteiger charge is 2.38. The van der Waals surface area contributed by atoms with Gasteiger partial charge in [0.1, 0.15) is 0 Å². The molecule has 0 bridgehead atoms. The fraction of sp³-hybridized carbons (Fsp3) is 1.00. The van der Waals surface area contributed by atoms with Gasteiger partial charge < -0.3 is 5.32 Å². The lowest BCUT2D eigenvalue weighted by Gasteiger charge is -2.47. The molecule has 0 amide bonds.